The number of rotatable bonds is 0. The molecule has 0 saturated carbocycles. The van der Waals surface area contributed by atoms with Gasteiger partial charge in [0, 0.05) is 29.6 Å². The minimum Gasteiger partial charge on any atom is -0.123 e. The Balaban J connectivity index is 0. The van der Waals surface area contributed by atoms with Crippen molar-refractivity contribution in [1.29, 1.82) is 0 Å². The Kier molecular flexibility index (Phi) is 13.6. The van der Waals surface area contributed by atoms with Gasteiger partial charge < -0.3 is 0 Å². The fourth-order valence-electron chi connectivity index (χ4n) is 0. The van der Waals surface area contributed by atoms with Gasteiger partial charge in [0.1, 0.15) is 0 Å². The molecule has 0 heterocycles. The summed E-state index contributed by atoms with van der Waals surface area (Å²) in [6.07, 6.45) is 0. The third-order valence-corrected chi connectivity index (χ3v) is 0. The third-order valence-electron chi connectivity index (χ3n) is 0. The minimum absolute atomic E-state index is 0. The van der Waals surface area contributed by atoms with Gasteiger partial charge in [0.05, 0.1) is 0 Å². The molecule has 0 bridgehead atoms. The zero-order valence-electron chi connectivity index (χ0n) is 2.71. The van der Waals surface area contributed by atoms with E-state index in [1.54, 1.807) is 0 Å². The molecule has 0 aromatic rings. The van der Waals surface area contributed by atoms with Gasteiger partial charge in [0.15, 0.2) is 0 Å². The van der Waals surface area contributed by atoms with Gasteiger partial charge in [-0.1, -0.05) is 0 Å². The molecule has 0 spiro atoms. The molecule has 0 nitrogen and oxygen atoms in total. The molecule has 25 valence electrons. The average Bonchev–Trinajstić information content (AvgIpc) is 0.811. The van der Waals surface area contributed by atoms with Gasteiger partial charge >= 0.3 is 3.18 Å². The Morgan fingerprint density at radius 3 is 1.00 bits per heavy atom. The largest absolute Gasteiger partial charge is 0.369 e. The van der Waals surface area contributed by atoms with Crippen molar-refractivity contribution >= 4 is 80.0 Å². The van der Waals surface area contributed by atoms with Crippen LogP contribution in [0.25, 0.3) is 0 Å². The third kappa shape index (κ3) is 21.0. The van der Waals surface area contributed by atoms with Crippen molar-refractivity contribution in [2.75, 3.05) is 0 Å². The Morgan fingerprint density at radius 1 is 1.00 bits per heavy atom. The van der Waals surface area contributed by atoms with Crippen LogP contribution in [0.3, 0.4) is 0 Å². The second-order valence-corrected chi connectivity index (χ2v) is 6.68. The van der Waals surface area contributed by atoms with Crippen molar-refractivity contribution in [3.8, 4) is 0 Å². The summed E-state index contributed by atoms with van der Waals surface area (Å²) in [6.45, 7) is 0. The first kappa shape index (κ1) is 10.5. The van der Waals surface area contributed by atoms with Crippen LogP contribution in [-0.2, 0) is 0 Å². The standard InChI is InChI=1S/BBr3.Na/c2-1(3)4;. The van der Waals surface area contributed by atoms with Gasteiger partial charge in [-0.05, 0) is 0 Å². The van der Waals surface area contributed by atoms with Crippen molar-refractivity contribution in [2.45, 2.75) is 0 Å². The van der Waals surface area contributed by atoms with Gasteiger partial charge in [-0.3, -0.25) is 0 Å². The first-order valence-corrected chi connectivity index (χ1v) is 3.40. The van der Waals surface area contributed by atoms with E-state index >= 15 is 0 Å². The molecule has 0 aliphatic carbocycles. The molecule has 0 rings (SSSR count). The maximum absolute atomic E-state index is 3.10. The maximum atomic E-state index is 3.10. The van der Waals surface area contributed by atoms with Crippen LogP contribution in [0.15, 0.2) is 0 Å². The summed E-state index contributed by atoms with van der Waals surface area (Å²) in [4.78, 5) is 0. The van der Waals surface area contributed by atoms with Crippen LogP contribution in [0.2, 0.25) is 0 Å². The Bertz CT molecular complexity index is 11.6. The van der Waals surface area contributed by atoms with E-state index in [0.29, 0.717) is 0 Å². The average molecular weight is 274 g/mol. The minimum atomic E-state index is 0. The van der Waals surface area contributed by atoms with Crippen LogP contribution < -0.4 is 0 Å². The van der Waals surface area contributed by atoms with E-state index in [-0.39, 0.29) is 32.7 Å². The summed E-state index contributed by atoms with van der Waals surface area (Å²) in [6, 6.07) is 0. The van der Waals surface area contributed by atoms with Gasteiger partial charge in [-0.2, -0.15) is 0 Å². The fourth-order valence-corrected chi connectivity index (χ4v) is 0. The van der Waals surface area contributed by atoms with Gasteiger partial charge in [0.2, 0.25) is 0 Å². The number of hydrogen-bond acceptors (Lipinski definition) is 0. The van der Waals surface area contributed by atoms with Crippen molar-refractivity contribution < 1.29 is 0 Å². The molecule has 0 saturated heterocycles. The molecule has 0 fully saturated rings. The van der Waals surface area contributed by atoms with Gasteiger partial charge in [-0.15, -0.1) is 47.3 Å². The van der Waals surface area contributed by atoms with Crippen LogP contribution in [0.1, 0.15) is 0 Å². The summed E-state index contributed by atoms with van der Waals surface area (Å²) in [5.41, 5.74) is 0. The predicted molar refractivity (Wildman–Crippen MR) is 38.3 cm³/mol. The molecule has 0 amide bonds. The summed E-state index contributed by atoms with van der Waals surface area (Å²) >= 11 is 9.31. The van der Waals surface area contributed by atoms with Crippen LogP contribution >= 0.6 is 47.3 Å². The molecule has 5 heavy (non-hydrogen) atoms. The zero-order valence-corrected chi connectivity index (χ0v) is 9.47. The molecular weight excluding hydrogens is 274 g/mol. The molecule has 0 unspecified atom stereocenters. The van der Waals surface area contributed by atoms with E-state index in [4.69, 9.17) is 0 Å². The van der Waals surface area contributed by atoms with E-state index in [2.05, 4.69) is 47.3 Å². The summed E-state index contributed by atoms with van der Waals surface area (Å²) in [5, 5.41) is 0. The molecule has 0 aromatic heterocycles. The number of halogens is 3. The molecule has 0 aliphatic rings. The second kappa shape index (κ2) is 6.50. The predicted octanol–water partition coefficient (Wildman–Crippen LogP) is 1.78. The van der Waals surface area contributed by atoms with Crippen LogP contribution in [0.5, 0.6) is 0 Å². The van der Waals surface area contributed by atoms with E-state index < -0.39 is 0 Å². The Hall–Kier alpha value is 2.50. The van der Waals surface area contributed by atoms with Crippen LogP contribution in [0, 0.1) is 0 Å². The Morgan fingerprint density at radius 2 is 1.00 bits per heavy atom. The smallest absolute Gasteiger partial charge is 0.123 e. The maximum Gasteiger partial charge on any atom is 0.369 e. The van der Waals surface area contributed by atoms with Crippen LogP contribution in [-0.4, -0.2) is 32.7 Å². The van der Waals surface area contributed by atoms with Crippen molar-refractivity contribution in [3.05, 3.63) is 0 Å². The van der Waals surface area contributed by atoms with Crippen molar-refractivity contribution in [1.82, 2.24) is 0 Å². The van der Waals surface area contributed by atoms with Crippen LogP contribution in [0.4, 0.5) is 0 Å². The fraction of sp³-hybridized carbons (Fsp3) is 0. The molecule has 5 heteroatoms. The summed E-state index contributed by atoms with van der Waals surface area (Å²) < 4.78 is 0.271. The zero-order chi connectivity index (χ0) is 3.58. The quantitative estimate of drug-likeness (QED) is 0.590. The molecule has 1 radical (unpaired) electrons. The SMILES string of the molecule is BrB(Br)Br.[Na]. The van der Waals surface area contributed by atoms with Crippen molar-refractivity contribution in [3.63, 3.8) is 0 Å². The molecular formula is BBr3Na. The molecule has 0 aromatic carbocycles. The van der Waals surface area contributed by atoms with E-state index in [1.165, 1.54) is 0 Å². The monoisotopic (exact) mass is 271 g/mol. The molecule has 0 aliphatic heterocycles. The van der Waals surface area contributed by atoms with E-state index in [0.717, 1.165) is 0 Å². The van der Waals surface area contributed by atoms with E-state index in [1.807, 2.05) is 0 Å². The second-order valence-electron chi connectivity index (χ2n) is 0.247. The van der Waals surface area contributed by atoms with Gasteiger partial charge in [0.25, 0.3) is 0 Å². The summed E-state index contributed by atoms with van der Waals surface area (Å²) in [7, 11) is 0. The molecule has 0 N–H and O–H groups in total. The number of hydrogen-bond donors (Lipinski definition) is 0. The molecule has 0 atom stereocenters. The first-order valence-electron chi connectivity index (χ1n) is 0.655. The van der Waals surface area contributed by atoms with Gasteiger partial charge in [-0.25, -0.2) is 0 Å². The normalized spacial score (nSPS) is 5.40. The Labute approximate surface area is 78.7 Å². The topological polar surface area (TPSA) is 0 Å². The first-order chi connectivity index (χ1) is 1.73. The van der Waals surface area contributed by atoms with Crippen molar-refractivity contribution in [2.24, 2.45) is 0 Å². The van der Waals surface area contributed by atoms with E-state index in [9.17, 15) is 0 Å². The summed E-state index contributed by atoms with van der Waals surface area (Å²) in [5.74, 6) is 0.